The summed E-state index contributed by atoms with van der Waals surface area (Å²) in [4.78, 5) is 0. The van der Waals surface area contributed by atoms with Crippen molar-refractivity contribution in [3.8, 4) is 5.75 Å². The van der Waals surface area contributed by atoms with Crippen LogP contribution in [0.3, 0.4) is 0 Å². The molecule has 1 aromatic heterocycles. The average Bonchev–Trinajstić information content (AvgIpc) is 2.76. The number of ether oxygens (including phenoxy) is 1. The molecule has 0 saturated heterocycles. The van der Waals surface area contributed by atoms with E-state index >= 15 is 0 Å². The second-order valence-corrected chi connectivity index (χ2v) is 4.56. The first-order valence-electron chi connectivity index (χ1n) is 5.13. The second kappa shape index (κ2) is 4.89. The van der Waals surface area contributed by atoms with Crippen molar-refractivity contribution < 1.29 is 9.84 Å². The van der Waals surface area contributed by atoms with Crippen molar-refractivity contribution in [1.29, 1.82) is 0 Å². The van der Waals surface area contributed by atoms with E-state index in [1.807, 2.05) is 19.2 Å². The van der Waals surface area contributed by atoms with Crippen molar-refractivity contribution in [3.05, 3.63) is 46.2 Å². The van der Waals surface area contributed by atoms with Gasteiger partial charge in [-0.1, -0.05) is 15.9 Å². The Kier molecular flexibility index (Phi) is 3.49. The Morgan fingerprint density at radius 1 is 1.41 bits per heavy atom. The van der Waals surface area contributed by atoms with Crippen molar-refractivity contribution in [1.82, 2.24) is 9.78 Å². The van der Waals surface area contributed by atoms with Crippen LogP contribution in [0.5, 0.6) is 5.75 Å². The molecule has 4 nitrogen and oxygen atoms in total. The Bertz CT molecular complexity index is 525. The lowest BCUT2D eigenvalue weighted by molar-refractivity contribution is 0.213. The number of methoxy groups -OCH3 is 1. The van der Waals surface area contributed by atoms with E-state index in [9.17, 15) is 5.11 Å². The van der Waals surface area contributed by atoms with Crippen LogP contribution in [0.4, 0.5) is 0 Å². The predicted molar refractivity (Wildman–Crippen MR) is 68.0 cm³/mol. The van der Waals surface area contributed by atoms with E-state index in [2.05, 4.69) is 21.0 Å². The maximum atomic E-state index is 10.2. The molecule has 2 aromatic rings. The van der Waals surface area contributed by atoms with E-state index in [-0.39, 0.29) is 0 Å². The van der Waals surface area contributed by atoms with Gasteiger partial charge in [-0.15, -0.1) is 0 Å². The predicted octanol–water partition coefficient (Wildman–Crippen LogP) is 2.27. The maximum absolute atomic E-state index is 10.2. The smallest absolute Gasteiger partial charge is 0.124 e. The molecule has 5 heteroatoms. The second-order valence-electron chi connectivity index (χ2n) is 3.70. The number of hydrogen-bond donors (Lipinski definition) is 1. The Labute approximate surface area is 108 Å². The highest BCUT2D eigenvalue weighted by molar-refractivity contribution is 9.10. The zero-order valence-corrected chi connectivity index (χ0v) is 11.2. The molecule has 1 heterocycles. The Morgan fingerprint density at radius 2 is 2.18 bits per heavy atom. The highest BCUT2D eigenvalue weighted by Gasteiger charge is 2.16. The normalized spacial score (nSPS) is 12.5. The van der Waals surface area contributed by atoms with Gasteiger partial charge in [-0.3, -0.25) is 4.68 Å². The topological polar surface area (TPSA) is 47.3 Å². The molecule has 0 radical (unpaired) electrons. The van der Waals surface area contributed by atoms with Crippen LogP contribution >= 0.6 is 15.9 Å². The van der Waals surface area contributed by atoms with Gasteiger partial charge >= 0.3 is 0 Å². The van der Waals surface area contributed by atoms with Crippen LogP contribution in [-0.2, 0) is 7.05 Å². The molecule has 0 fully saturated rings. The van der Waals surface area contributed by atoms with Crippen LogP contribution in [-0.4, -0.2) is 22.0 Å². The fourth-order valence-electron chi connectivity index (χ4n) is 1.60. The van der Waals surface area contributed by atoms with Crippen molar-refractivity contribution in [2.45, 2.75) is 6.10 Å². The van der Waals surface area contributed by atoms with Crippen LogP contribution in [0, 0.1) is 0 Å². The van der Waals surface area contributed by atoms with Gasteiger partial charge < -0.3 is 9.84 Å². The molecule has 0 bridgehead atoms. The number of rotatable bonds is 3. The Morgan fingerprint density at radius 3 is 2.76 bits per heavy atom. The average molecular weight is 297 g/mol. The van der Waals surface area contributed by atoms with Crippen molar-refractivity contribution in [2.24, 2.45) is 7.05 Å². The lowest BCUT2D eigenvalue weighted by Gasteiger charge is -2.12. The molecule has 0 amide bonds. The van der Waals surface area contributed by atoms with E-state index in [1.165, 1.54) is 0 Å². The van der Waals surface area contributed by atoms with Crippen molar-refractivity contribution in [2.75, 3.05) is 7.11 Å². The lowest BCUT2D eigenvalue weighted by Crippen LogP contribution is -2.03. The van der Waals surface area contributed by atoms with E-state index in [0.29, 0.717) is 11.4 Å². The van der Waals surface area contributed by atoms with Crippen LogP contribution in [0.2, 0.25) is 0 Å². The minimum atomic E-state index is -0.763. The molecule has 0 aliphatic rings. The first-order valence-corrected chi connectivity index (χ1v) is 5.92. The van der Waals surface area contributed by atoms with Gasteiger partial charge in [-0.05, 0) is 24.3 Å². The maximum Gasteiger partial charge on any atom is 0.124 e. The molecule has 90 valence electrons. The SMILES string of the molecule is COc1ccc(Br)c(C(O)c2ccn(C)n2)c1. The summed E-state index contributed by atoms with van der Waals surface area (Å²) in [5.41, 5.74) is 1.35. The molecule has 0 aliphatic carbocycles. The number of benzene rings is 1. The van der Waals surface area contributed by atoms with Crippen LogP contribution in [0.25, 0.3) is 0 Å². The largest absolute Gasteiger partial charge is 0.497 e. The van der Waals surface area contributed by atoms with Gasteiger partial charge in [0.1, 0.15) is 11.9 Å². The zero-order valence-electron chi connectivity index (χ0n) is 9.59. The third-order valence-electron chi connectivity index (χ3n) is 2.51. The number of aryl methyl sites for hydroxylation is 1. The monoisotopic (exact) mass is 296 g/mol. The Hall–Kier alpha value is -1.33. The molecule has 1 unspecified atom stereocenters. The van der Waals surface area contributed by atoms with Gasteiger partial charge in [0.2, 0.25) is 0 Å². The number of halogens is 1. The number of hydrogen-bond acceptors (Lipinski definition) is 3. The molecule has 0 spiro atoms. The number of aromatic nitrogens is 2. The van der Waals surface area contributed by atoms with E-state index < -0.39 is 6.10 Å². The number of aliphatic hydroxyl groups excluding tert-OH is 1. The molecule has 17 heavy (non-hydrogen) atoms. The molecule has 2 rings (SSSR count). The third-order valence-corrected chi connectivity index (χ3v) is 3.23. The standard InChI is InChI=1S/C12H13BrN2O2/c1-15-6-5-11(14-15)12(16)9-7-8(17-2)3-4-10(9)13/h3-7,12,16H,1-2H3. The van der Waals surface area contributed by atoms with Gasteiger partial charge in [0.15, 0.2) is 0 Å². The minimum Gasteiger partial charge on any atom is -0.497 e. The lowest BCUT2D eigenvalue weighted by atomic mass is 10.1. The van der Waals surface area contributed by atoms with Crippen LogP contribution in [0.1, 0.15) is 17.4 Å². The summed E-state index contributed by atoms with van der Waals surface area (Å²) < 4.78 is 7.63. The fourth-order valence-corrected chi connectivity index (χ4v) is 2.06. The van der Waals surface area contributed by atoms with Crippen molar-refractivity contribution >= 4 is 15.9 Å². The molecule has 1 N–H and O–H groups in total. The zero-order chi connectivity index (χ0) is 12.4. The first-order chi connectivity index (χ1) is 8.11. The molecule has 0 saturated carbocycles. The third kappa shape index (κ3) is 2.50. The van der Waals surface area contributed by atoms with Gasteiger partial charge in [0.25, 0.3) is 0 Å². The molecular formula is C12H13BrN2O2. The summed E-state index contributed by atoms with van der Waals surface area (Å²) in [5.74, 6) is 0.707. The highest BCUT2D eigenvalue weighted by atomic mass is 79.9. The Balaban J connectivity index is 2.39. The number of nitrogens with zero attached hydrogens (tertiary/aromatic N) is 2. The summed E-state index contributed by atoms with van der Waals surface area (Å²) in [6.45, 7) is 0. The summed E-state index contributed by atoms with van der Waals surface area (Å²) in [5, 5.41) is 14.4. The fraction of sp³-hybridized carbons (Fsp3) is 0.250. The van der Waals surface area contributed by atoms with E-state index in [4.69, 9.17) is 4.74 Å². The van der Waals surface area contributed by atoms with Gasteiger partial charge in [-0.25, -0.2) is 0 Å². The summed E-state index contributed by atoms with van der Waals surface area (Å²) in [6.07, 6.45) is 1.03. The molecule has 0 aliphatic heterocycles. The summed E-state index contributed by atoms with van der Waals surface area (Å²) in [7, 11) is 3.41. The van der Waals surface area contributed by atoms with Crippen LogP contribution in [0.15, 0.2) is 34.9 Å². The summed E-state index contributed by atoms with van der Waals surface area (Å²) in [6, 6.07) is 7.26. The van der Waals surface area contributed by atoms with E-state index in [1.54, 1.807) is 30.1 Å². The molecule has 1 atom stereocenters. The van der Waals surface area contributed by atoms with Gasteiger partial charge in [0, 0.05) is 23.3 Å². The molecule has 1 aromatic carbocycles. The van der Waals surface area contributed by atoms with Crippen LogP contribution < -0.4 is 4.74 Å². The van der Waals surface area contributed by atoms with E-state index in [0.717, 1.165) is 10.0 Å². The summed E-state index contributed by atoms with van der Waals surface area (Å²) >= 11 is 3.41. The first kappa shape index (κ1) is 12.1. The van der Waals surface area contributed by atoms with Gasteiger partial charge in [0.05, 0.1) is 12.8 Å². The van der Waals surface area contributed by atoms with Crippen molar-refractivity contribution in [3.63, 3.8) is 0 Å². The van der Waals surface area contributed by atoms with Gasteiger partial charge in [-0.2, -0.15) is 5.10 Å². The quantitative estimate of drug-likeness (QED) is 0.945. The molecular weight excluding hydrogens is 284 g/mol. The minimum absolute atomic E-state index is 0.612. The number of aliphatic hydroxyl groups is 1. The highest BCUT2D eigenvalue weighted by Crippen LogP contribution is 2.30.